The number of benzene rings is 2. The highest BCUT2D eigenvalue weighted by molar-refractivity contribution is 6.32. The second-order valence-corrected chi connectivity index (χ2v) is 6.81. The molecule has 5 nitrogen and oxygen atoms in total. The van der Waals surface area contributed by atoms with Crippen LogP contribution in [0.25, 0.3) is 0 Å². The van der Waals surface area contributed by atoms with Gasteiger partial charge in [0, 0.05) is 18.2 Å². The Labute approximate surface area is 168 Å². The molecule has 0 saturated heterocycles. The third-order valence-electron chi connectivity index (χ3n) is 4.46. The molecule has 1 atom stereocenters. The molecule has 1 unspecified atom stereocenters. The van der Waals surface area contributed by atoms with Crippen molar-refractivity contribution in [2.75, 3.05) is 13.2 Å². The van der Waals surface area contributed by atoms with Crippen LogP contribution in [0.4, 0.5) is 0 Å². The van der Waals surface area contributed by atoms with Crippen LogP contribution in [-0.2, 0) is 0 Å². The summed E-state index contributed by atoms with van der Waals surface area (Å²) in [5.41, 5.74) is 2.10. The summed E-state index contributed by atoms with van der Waals surface area (Å²) in [5, 5.41) is 3.42. The highest BCUT2D eigenvalue weighted by Crippen LogP contribution is 2.38. The fraction of sp³-hybridized carbons (Fsp3) is 0.182. The molecule has 0 bridgehead atoms. The van der Waals surface area contributed by atoms with Crippen molar-refractivity contribution in [3.63, 3.8) is 0 Å². The van der Waals surface area contributed by atoms with Crippen LogP contribution < -0.4 is 14.8 Å². The molecule has 0 fully saturated rings. The van der Waals surface area contributed by atoms with Crippen LogP contribution in [0.1, 0.15) is 34.1 Å². The van der Waals surface area contributed by atoms with E-state index >= 15 is 0 Å². The number of hydrogen-bond acceptors (Lipinski definition) is 4. The van der Waals surface area contributed by atoms with Crippen LogP contribution in [0.2, 0.25) is 5.02 Å². The average Bonchev–Trinajstić information content (AvgIpc) is 2.99. The SMILES string of the molecule is O=C(NC(c1ccccc1)c1ccccn1)c1cc(Cl)c2c(c1)OCCCO2. The Balaban J connectivity index is 1.65. The molecule has 28 heavy (non-hydrogen) atoms. The zero-order chi connectivity index (χ0) is 19.3. The second kappa shape index (κ2) is 8.31. The van der Waals surface area contributed by atoms with Crippen LogP contribution in [-0.4, -0.2) is 24.1 Å². The van der Waals surface area contributed by atoms with E-state index in [2.05, 4.69) is 10.3 Å². The molecule has 0 saturated carbocycles. The Morgan fingerprint density at radius 1 is 1.04 bits per heavy atom. The van der Waals surface area contributed by atoms with E-state index in [9.17, 15) is 4.79 Å². The van der Waals surface area contributed by atoms with Gasteiger partial charge in [-0.3, -0.25) is 9.78 Å². The zero-order valence-corrected chi connectivity index (χ0v) is 15.9. The van der Waals surface area contributed by atoms with Gasteiger partial charge < -0.3 is 14.8 Å². The van der Waals surface area contributed by atoms with Gasteiger partial charge in [-0.1, -0.05) is 48.0 Å². The fourth-order valence-corrected chi connectivity index (χ4v) is 3.36. The predicted octanol–water partition coefficient (Wildman–Crippen LogP) is 4.42. The van der Waals surface area contributed by atoms with Crippen molar-refractivity contribution in [2.24, 2.45) is 0 Å². The Bertz CT molecular complexity index is 925. The van der Waals surface area contributed by atoms with Crippen molar-refractivity contribution in [1.29, 1.82) is 0 Å². The van der Waals surface area contributed by atoms with Gasteiger partial charge in [0.2, 0.25) is 0 Å². The number of amides is 1. The van der Waals surface area contributed by atoms with Gasteiger partial charge in [-0.05, 0) is 29.8 Å². The van der Waals surface area contributed by atoms with Gasteiger partial charge in [0.05, 0.1) is 30.0 Å². The monoisotopic (exact) mass is 394 g/mol. The summed E-state index contributed by atoms with van der Waals surface area (Å²) < 4.78 is 11.3. The molecule has 2 heterocycles. The Kier molecular flexibility index (Phi) is 5.44. The predicted molar refractivity (Wildman–Crippen MR) is 107 cm³/mol. The molecule has 1 aliphatic heterocycles. The van der Waals surface area contributed by atoms with E-state index in [1.54, 1.807) is 18.3 Å². The van der Waals surface area contributed by atoms with Crippen LogP contribution in [0, 0.1) is 0 Å². The molecule has 142 valence electrons. The molecular formula is C22H19ClN2O3. The average molecular weight is 395 g/mol. The minimum atomic E-state index is -0.385. The van der Waals surface area contributed by atoms with Crippen LogP contribution >= 0.6 is 11.6 Å². The van der Waals surface area contributed by atoms with Gasteiger partial charge in [-0.2, -0.15) is 0 Å². The highest BCUT2D eigenvalue weighted by Gasteiger charge is 2.22. The van der Waals surface area contributed by atoms with Crippen molar-refractivity contribution in [3.05, 3.63) is 88.7 Å². The maximum Gasteiger partial charge on any atom is 0.252 e. The quantitative estimate of drug-likeness (QED) is 0.711. The molecule has 0 radical (unpaired) electrons. The van der Waals surface area contributed by atoms with Gasteiger partial charge in [-0.15, -0.1) is 0 Å². The lowest BCUT2D eigenvalue weighted by Crippen LogP contribution is -2.30. The number of halogens is 1. The van der Waals surface area contributed by atoms with Crippen molar-refractivity contribution < 1.29 is 14.3 Å². The fourth-order valence-electron chi connectivity index (χ4n) is 3.10. The van der Waals surface area contributed by atoms with Gasteiger partial charge in [0.1, 0.15) is 0 Å². The molecule has 2 aromatic carbocycles. The number of ether oxygens (including phenoxy) is 2. The summed E-state index contributed by atoms with van der Waals surface area (Å²) in [7, 11) is 0. The lowest BCUT2D eigenvalue weighted by Gasteiger charge is -2.19. The maximum atomic E-state index is 13.0. The van der Waals surface area contributed by atoms with Gasteiger partial charge in [0.25, 0.3) is 5.91 Å². The summed E-state index contributed by atoms with van der Waals surface area (Å²) in [5.74, 6) is 0.710. The molecule has 0 spiro atoms. The lowest BCUT2D eigenvalue weighted by molar-refractivity contribution is 0.0942. The van der Waals surface area contributed by atoms with Crippen molar-refractivity contribution in [3.8, 4) is 11.5 Å². The van der Waals surface area contributed by atoms with E-state index in [0.29, 0.717) is 35.3 Å². The minimum absolute atomic E-state index is 0.267. The molecule has 1 aromatic heterocycles. The third-order valence-corrected chi connectivity index (χ3v) is 4.74. The van der Waals surface area contributed by atoms with Crippen molar-refractivity contribution in [2.45, 2.75) is 12.5 Å². The summed E-state index contributed by atoms with van der Waals surface area (Å²) >= 11 is 6.34. The zero-order valence-electron chi connectivity index (χ0n) is 15.1. The normalized spacial score (nSPS) is 14.0. The van der Waals surface area contributed by atoms with E-state index in [4.69, 9.17) is 21.1 Å². The Morgan fingerprint density at radius 2 is 1.82 bits per heavy atom. The van der Waals surface area contributed by atoms with E-state index in [1.807, 2.05) is 48.5 Å². The summed E-state index contributed by atoms with van der Waals surface area (Å²) in [6, 6.07) is 18.2. The van der Waals surface area contributed by atoms with Gasteiger partial charge >= 0.3 is 0 Å². The summed E-state index contributed by atoms with van der Waals surface area (Å²) in [6.45, 7) is 1.06. The summed E-state index contributed by atoms with van der Waals surface area (Å²) in [6.07, 6.45) is 2.48. The first-order valence-electron chi connectivity index (χ1n) is 9.08. The van der Waals surface area contributed by atoms with Crippen molar-refractivity contribution in [1.82, 2.24) is 10.3 Å². The molecule has 1 aliphatic rings. The van der Waals surface area contributed by atoms with E-state index in [-0.39, 0.29) is 11.9 Å². The number of rotatable bonds is 4. The van der Waals surface area contributed by atoms with Gasteiger partial charge in [0.15, 0.2) is 11.5 Å². The van der Waals surface area contributed by atoms with E-state index < -0.39 is 0 Å². The molecule has 0 aliphatic carbocycles. The number of fused-ring (bicyclic) bond motifs is 1. The second-order valence-electron chi connectivity index (χ2n) is 6.41. The van der Waals surface area contributed by atoms with Crippen LogP contribution in [0.15, 0.2) is 66.9 Å². The standard InChI is InChI=1S/C22H19ClN2O3/c23-17-13-16(14-19-21(17)28-12-6-11-27-19)22(26)25-20(15-7-2-1-3-8-15)18-9-4-5-10-24-18/h1-5,7-10,13-14,20H,6,11-12H2,(H,25,26). The molecule has 1 N–H and O–H groups in total. The largest absolute Gasteiger partial charge is 0.489 e. The highest BCUT2D eigenvalue weighted by atomic mass is 35.5. The number of hydrogen-bond donors (Lipinski definition) is 1. The number of nitrogens with zero attached hydrogens (tertiary/aromatic N) is 1. The first-order chi connectivity index (χ1) is 13.7. The Morgan fingerprint density at radius 3 is 2.61 bits per heavy atom. The van der Waals surface area contributed by atoms with Crippen LogP contribution in [0.3, 0.4) is 0 Å². The number of aromatic nitrogens is 1. The van der Waals surface area contributed by atoms with Gasteiger partial charge in [-0.25, -0.2) is 0 Å². The molecular weight excluding hydrogens is 376 g/mol. The Hall–Kier alpha value is -3.05. The number of carbonyl (C=O) groups is 1. The van der Waals surface area contributed by atoms with E-state index in [0.717, 1.165) is 17.7 Å². The van der Waals surface area contributed by atoms with E-state index in [1.165, 1.54) is 0 Å². The molecule has 1 amide bonds. The number of nitrogens with one attached hydrogen (secondary N) is 1. The number of pyridine rings is 1. The smallest absolute Gasteiger partial charge is 0.252 e. The maximum absolute atomic E-state index is 13.0. The molecule has 4 rings (SSSR count). The van der Waals surface area contributed by atoms with Crippen molar-refractivity contribution >= 4 is 17.5 Å². The minimum Gasteiger partial charge on any atom is -0.489 e. The first-order valence-corrected chi connectivity index (χ1v) is 9.46. The molecule has 3 aromatic rings. The lowest BCUT2D eigenvalue weighted by atomic mass is 10.0. The third kappa shape index (κ3) is 3.94. The van der Waals surface area contributed by atoms with Crippen LogP contribution in [0.5, 0.6) is 11.5 Å². The molecule has 6 heteroatoms. The first kappa shape index (κ1) is 18.3. The number of carbonyl (C=O) groups excluding carboxylic acids is 1. The summed E-state index contributed by atoms with van der Waals surface area (Å²) in [4.78, 5) is 17.4. The topological polar surface area (TPSA) is 60.5 Å².